The molecule has 0 radical (unpaired) electrons. The smallest absolute Gasteiger partial charge is 0.222 e. The number of carbonyl (C=O) groups is 1. The van der Waals surface area contributed by atoms with Crippen molar-refractivity contribution in [2.45, 2.75) is 104 Å². The molecule has 0 bridgehead atoms. The lowest BCUT2D eigenvalue weighted by Crippen LogP contribution is -2.58. The largest absolute Gasteiger partial charge is 0.493 e. The molecule has 266 valence electrons. The molecule has 1 aromatic carbocycles. The molecule has 10 atom stereocenters. The zero-order valence-corrected chi connectivity index (χ0v) is 30.5. The van der Waals surface area contributed by atoms with Gasteiger partial charge in [0.05, 0.1) is 33.5 Å². The highest BCUT2D eigenvalue weighted by Crippen LogP contribution is 2.68. The number of halogens is 1. The quantitative estimate of drug-likeness (QED) is 0.323. The Morgan fingerprint density at radius 1 is 0.894 bits per heavy atom. The van der Waals surface area contributed by atoms with Gasteiger partial charge in [0.25, 0.3) is 0 Å². The van der Waals surface area contributed by atoms with Crippen LogP contribution in [0.2, 0.25) is 0 Å². The molecule has 8 nitrogen and oxygen atoms in total. The normalized spacial score (nSPS) is 37.5. The Morgan fingerprint density at radius 3 is 2.26 bits per heavy atom. The first-order chi connectivity index (χ1) is 22.0. The fourth-order valence-corrected chi connectivity index (χ4v) is 11.6. The maximum absolute atomic E-state index is 13.4. The number of hydrogen-bond acceptors (Lipinski definition) is 7. The minimum atomic E-state index is -0.236. The van der Waals surface area contributed by atoms with Crippen LogP contribution in [0.4, 0.5) is 0 Å². The molecule has 0 aromatic heterocycles. The standard InChI is InChI=1S/C38H60N2O6.ClH/c1-24(7-12-33(43)40-19-17-39(18-20-40)23-25-8-11-32(44-4)36(46-6)35(25)45-5)28-9-10-29-34-30(14-16-38(28,29)3)37(2)15-13-27(41)21-26(37)22-31(34)42;/h8,11,24,26-31,34,41-42H,7,9-10,12-23H2,1-6H3;1H/t24-,26+,27-,28-,29+,30+,31+,34+,37+,38-;/m1./s1. The first kappa shape index (κ1) is 36.5. The summed E-state index contributed by atoms with van der Waals surface area (Å²) in [5.74, 6) is 5.38. The number of piperazine rings is 1. The summed E-state index contributed by atoms with van der Waals surface area (Å²) in [5, 5.41) is 22.0. The van der Waals surface area contributed by atoms with Gasteiger partial charge < -0.3 is 29.3 Å². The van der Waals surface area contributed by atoms with Gasteiger partial charge in [-0.05, 0) is 110 Å². The zero-order valence-electron chi connectivity index (χ0n) is 29.7. The van der Waals surface area contributed by atoms with Crippen molar-refractivity contribution in [3.8, 4) is 17.2 Å². The van der Waals surface area contributed by atoms with Gasteiger partial charge in [-0.1, -0.05) is 26.8 Å². The van der Waals surface area contributed by atoms with Crippen LogP contribution < -0.4 is 14.2 Å². The van der Waals surface area contributed by atoms with Gasteiger partial charge >= 0.3 is 0 Å². The third-order valence-corrected chi connectivity index (χ3v) is 14.1. The van der Waals surface area contributed by atoms with Gasteiger partial charge in [0.2, 0.25) is 11.7 Å². The van der Waals surface area contributed by atoms with E-state index in [4.69, 9.17) is 14.2 Å². The molecular weight excluding hydrogens is 616 g/mol. The number of carbonyl (C=O) groups excluding carboxylic acids is 1. The van der Waals surface area contributed by atoms with E-state index in [0.717, 1.165) is 70.4 Å². The van der Waals surface area contributed by atoms with E-state index in [0.29, 0.717) is 65.1 Å². The van der Waals surface area contributed by atoms with Crippen molar-refractivity contribution in [1.29, 1.82) is 0 Å². The summed E-state index contributed by atoms with van der Waals surface area (Å²) in [4.78, 5) is 17.9. The van der Waals surface area contributed by atoms with Gasteiger partial charge in [-0.2, -0.15) is 0 Å². The molecule has 5 fully saturated rings. The average Bonchev–Trinajstić information content (AvgIpc) is 3.41. The lowest BCUT2D eigenvalue weighted by Gasteiger charge is -2.62. The second kappa shape index (κ2) is 14.6. The molecule has 1 saturated heterocycles. The highest BCUT2D eigenvalue weighted by Gasteiger charge is 2.62. The van der Waals surface area contributed by atoms with E-state index in [-0.39, 0.29) is 35.4 Å². The van der Waals surface area contributed by atoms with Crippen molar-refractivity contribution in [2.75, 3.05) is 47.5 Å². The summed E-state index contributed by atoms with van der Waals surface area (Å²) in [5.41, 5.74) is 1.56. The molecule has 1 aromatic rings. The van der Waals surface area contributed by atoms with Crippen LogP contribution in [0.3, 0.4) is 0 Å². The van der Waals surface area contributed by atoms with Crippen molar-refractivity contribution in [1.82, 2.24) is 9.80 Å². The number of aliphatic hydroxyl groups excluding tert-OH is 2. The summed E-state index contributed by atoms with van der Waals surface area (Å²) in [7, 11) is 4.92. The van der Waals surface area contributed by atoms with Crippen molar-refractivity contribution < 1.29 is 29.2 Å². The third kappa shape index (κ3) is 6.62. The summed E-state index contributed by atoms with van der Waals surface area (Å²) in [6.07, 6.45) is 9.80. The van der Waals surface area contributed by atoms with Crippen LogP contribution >= 0.6 is 12.4 Å². The highest BCUT2D eigenvalue weighted by atomic mass is 35.5. The molecule has 1 heterocycles. The zero-order chi connectivity index (χ0) is 32.8. The van der Waals surface area contributed by atoms with E-state index in [1.54, 1.807) is 21.3 Å². The van der Waals surface area contributed by atoms with Crippen molar-refractivity contribution in [2.24, 2.45) is 46.3 Å². The lowest BCUT2D eigenvalue weighted by atomic mass is 9.43. The SMILES string of the molecule is COc1ccc(CN2CCN(C(=O)CC[C@@H](C)[C@H]3CC[C@H]4[C@@H]5[C@@H](O)C[C@@H]6C[C@H](O)CC[C@]6(C)[C@H]5CC[C@]34C)CC2)c(OC)c1OC.Cl. The highest BCUT2D eigenvalue weighted by molar-refractivity contribution is 5.85. The summed E-state index contributed by atoms with van der Waals surface area (Å²) >= 11 is 0. The molecular formula is C38H61ClN2O6. The van der Waals surface area contributed by atoms with Gasteiger partial charge in [0.1, 0.15) is 0 Å². The summed E-state index contributed by atoms with van der Waals surface area (Å²) in [6, 6.07) is 3.96. The van der Waals surface area contributed by atoms with Crippen molar-refractivity contribution >= 4 is 18.3 Å². The monoisotopic (exact) mass is 676 g/mol. The lowest BCUT2D eigenvalue weighted by molar-refractivity contribution is -0.174. The van der Waals surface area contributed by atoms with Crippen LogP contribution in [0.1, 0.15) is 90.5 Å². The third-order valence-electron chi connectivity index (χ3n) is 14.1. The summed E-state index contributed by atoms with van der Waals surface area (Å²) in [6.45, 7) is 11.3. The first-order valence-electron chi connectivity index (χ1n) is 18.2. The number of aliphatic hydroxyl groups is 2. The minimum Gasteiger partial charge on any atom is -0.493 e. The Labute approximate surface area is 289 Å². The molecule has 2 N–H and O–H groups in total. The number of benzene rings is 1. The first-order valence-corrected chi connectivity index (χ1v) is 18.2. The van der Waals surface area contributed by atoms with Crippen LogP contribution in [0.15, 0.2) is 12.1 Å². The number of ether oxygens (including phenoxy) is 3. The van der Waals surface area contributed by atoms with E-state index in [1.807, 2.05) is 12.1 Å². The van der Waals surface area contributed by atoms with Gasteiger partial charge in [0.15, 0.2) is 11.5 Å². The topological polar surface area (TPSA) is 91.7 Å². The summed E-state index contributed by atoms with van der Waals surface area (Å²) < 4.78 is 16.7. The Kier molecular flexibility index (Phi) is 11.4. The second-order valence-corrected chi connectivity index (χ2v) is 16.1. The van der Waals surface area contributed by atoms with Gasteiger partial charge in [-0.15, -0.1) is 12.4 Å². The minimum absolute atomic E-state index is 0. The molecule has 47 heavy (non-hydrogen) atoms. The fourth-order valence-electron chi connectivity index (χ4n) is 11.6. The molecule has 9 heteroatoms. The molecule has 1 aliphatic heterocycles. The molecule has 6 rings (SSSR count). The van der Waals surface area contributed by atoms with Crippen LogP contribution in [-0.2, 0) is 11.3 Å². The Bertz CT molecular complexity index is 1240. The molecule has 4 aliphatic carbocycles. The van der Waals surface area contributed by atoms with Gasteiger partial charge in [0, 0.05) is 44.7 Å². The average molecular weight is 677 g/mol. The van der Waals surface area contributed by atoms with Crippen molar-refractivity contribution in [3.63, 3.8) is 0 Å². The van der Waals surface area contributed by atoms with Crippen LogP contribution in [0, 0.1) is 46.3 Å². The number of rotatable bonds is 9. The Hall–Kier alpha value is -1.74. The van der Waals surface area contributed by atoms with Crippen LogP contribution in [-0.4, -0.2) is 85.6 Å². The van der Waals surface area contributed by atoms with E-state index >= 15 is 0 Å². The van der Waals surface area contributed by atoms with Crippen molar-refractivity contribution in [3.05, 3.63) is 17.7 Å². The predicted octanol–water partition coefficient (Wildman–Crippen LogP) is 6.19. The number of nitrogens with zero attached hydrogens (tertiary/aromatic N) is 2. The number of amides is 1. The van der Waals surface area contributed by atoms with Gasteiger partial charge in [-0.25, -0.2) is 0 Å². The molecule has 0 spiro atoms. The van der Waals surface area contributed by atoms with E-state index in [1.165, 1.54) is 25.7 Å². The predicted molar refractivity (Wildman–Crippen MR) is 186 cm³/mol. The maximum Gasteiger partial charge on any atom is 0.222 e. The molecule has 4 saturated carbocycles. The maximum atomic E-state index is 13.4. The molecule has 5 aliphatic rings. The van der Waals surface area contributed by atoms with E-state index in [2.05, 4.69) is 30.6 Å². The van der Waals surface area contributed by atoms with E-state index in [9.17, 15) is 15.0 Å². The Morgan fingerprint density at radius 2 is 1.57 bits per heavy atom. The van der Waals surface area contributed by atoms with Gasteiger partial charge in [-0.3, -0.25) is 9.69 Å². The number of hydrogen-bond donors (Lipinski definition) is 2. The number of fused-ring (bicyclic) bond motifs is 5. The molecule has 0 unspecified atom stereocenters. The van der Waals surface area contributed by atoms with Crippen LogP contribution in [0.5, 0.6) is 17.2 Å². The second-order valence-electron chi connectivity index (χ2n) is 16.1. The van der Waals surface area contributed by atoms with Crippen LogP contribution in [0.25, 0.3) is 0 Å². The van der Waals surface area contributed by atoms with E-state index < -0.39 is 0 Å². The number of methoxy groups -OCH3 is 3. The fraction of sp³-hybridized carbons (Fsp3) is 0.816. The molecule has 1 amide bonds. The Balaban J connectivity index is 0.00000433.